The van der Waals surface area contributed by atoms with E-state index in [1.165, 1.54) is 19.2 Å². The van der Waals surface area contributed by atoms with Gasteiger partial charge < -0.3 is 23.9 Å². The Morgan fingerprint density at radius 1 is 1.00 bits per heavy atom. The van der Waals surface area contributed by atoms with Gasteiger partial charge in [0.2, 0.25) is 0 Å². The molecule has 0 saturated heterocycles. The van der Waals surface area contributed by atoms with Gasteiger partial charge in [0.1, 0.15) is 23.1 Å². The number of hydrogen-bond acceptors (Lipinski definition) is 6. The number of nitrogens with zero attached hydrogens (tertiary/aromatic N) is 2. The fourth-order valence-corrected chi connectivity index (χ4v) is 3.99. The minimum absolute atomic E-state index is 0.247. The fraction of sp³-hybridized carbons (Fsp3) is 0.259. The Bertz CT molecular complexity index is 1210. The first kappa shape index (κ1) is 24.1. The molecule has 0 N–H and O–H groups in total. The molecule has 3 aromatic carbocycles. The first-order valence-electron chi connectivity index (χ1n) is 11.1. The van der Waals surface area contributed by atoms with Crippen LogP contribution in [0.3, 0.4) is 0 Å². The van der Waals surface area contributed by atoms with Gasteiger partial charge in [-0.3, -0.25) is 4.79 Å². The second-order valence-corrected chi connectivity index (χ2v) is 8.05. The molecule has 8 heteroatoms. The minimum Gasteiger partial charge on any atom is -0.497 e. The third-order valence-corrected chi connectivity index (χ3v) is 5.79. The molecule has 1 amide bonds. The average molecular weight is 479 g/mol. The first-order valence-corrected chi connectivity index (χ1v) is 11.1. The zero-order chi connectivity index (χ0) is 24.8. The number of amides is 1. The van der Waals surface area contributed by atoms with Crippen LogP contribution in [0.5, 0.6) is 17.2 Å². The number of rotatable bonds is 9. The molecule has 1 atom stereocenters. The lowest BCUT2D eigenvalue weighted by Crippen LogP contribution is -2.37. The summed E-state index contributed by atoms with van der Waals surface area (Å²) in [6.45, 7) is 0.533. The largest absolute Gasteiger partial charge is 0.497 e. The van der Waals surface area contributed by atoms with Gasteiger partial charge in [-0.2, -0.15) is 0 Å². The summed E-state index contributed by atoms with van der Waals surface area (Å²) in [7, 11) is 4.66. The zero-order valence-corrected chi connectivity index (χ0v) is 19.9. The van der Waals surface area contributed by atoms with E-state index in [0.717, 1.165) is 16.8 Å². The standard InChI is InChI=1S/C27H27FN2O5/c1-32-20-12-13-23(26(15-20)34-3)27(31)30(16-18-8-10-19(28)11-9-18)17-21-14-24(29-35-21)22-6-4-5-7-25(22)33-2/h4-13,15,21H,14,16-17H2,1-3H3. The predicted molar refractivity (Wildman–Crippen MR) is 130 cm³/mol. The van der Waals surface area contributed by atoms with Crippen molar-refractivity contribution in [2.24, 2.45) is 5.16 Å². The average Bonchev–Trinajstić information content (AvgIpc) is 3.37. The highest BCUT2D eigenvalue weighted by molar-refractivity contribution is 6.03. The van der Waals surface area contributed by atoms with Crippen molar-refractivity contribution in [1.82, 2.24) is 4.90 Å². The smallest absolute Gasteiger partial charge is 0.258 e. The second kappa shape index (κ2) is 10.9. The van der Waals surface area contributed by atoms with Crippen LogP contribution in [0.1, 0.15) is 27.9 Å². The highest BCUT2D eigenvalue weighted by atomic mass is 19.1. The highest BCUT2D eigenvalue weighted by Crippen LogP contribution is 2.28. The lowest BCUT2D eigenvalue weighted by Gasteiger charge is -2.26. The molecule has 7 nitrogen and oxygen atoms in total. The summed E-state index contributed by atoms with van der Waals surface area (Å²) in [5.74, 6) is 1.10. The molecule has 1 aliphatic rings. The Kier molecular flexibility index (Phi) is 7.50. The van der Waals surface area contributed by atoms with Crippen molar-refractivity contribution in [2.75, 3.05) is 27.9 Å². The monoisotopic (exact) mass is 478 g/mol. The van der Waals surface area contributed by atoms with Crippen LogP contribution < -0.4 is 14.2 Å². The van der Waals surface area contributed by atoms with Crippen LogP contribution >= 0.6 is 0 Å². The zero-order valence-electron chi connectivity index (χ0n) is 19.9. The molecule has 0 bridgehead atoms. The van der Waals surface area contributed by atoms with Crippen molar-refractivity contribution in [3.05, 3.63) is 89.2 Å². The predicted octanol–water partition coefficient (Wildman–Crippen LogP) is 4.69. The van der Waals surface area contributed by atoms with Crippen LogP contribution in [0.2, 0.25) is 0 Å². The number of oxime groups is 1. The molecule has 1 unspecified atom stereocenters. The molecular weight excluding hydrogens is 451 g/mol. The highest BCUT2D eigenvalue weighted by Gasteiger charge is 2.29. The van der Waals surface area contributed by atoms with E-state index in [0.29, 0.717) is 29.2 Å². The quantitative estimate of drug-likeness (QED) is 0.446. The Morgan fingerprint density at radius 3 is 2.46 bits per heavy atom. The maximum atomic E-state index is 13.7. The number of carbonyl (C=O) groups excluding carboxylic acids is 1. The summed E-state index contributed by atoms with van der Waals surface area (Å²) in [5, 5.41) is 4.26. The Hall–Kier alpha value is -4.07. The normalized spacial score (nSPS) is 14.6. The molecule has 35 heavy (non-hydrogen) atoms. The third-order valence-electron chi connectivity index (χ3n) is 5.79. The van der Waals surface area contributed by atoms with E-state index >= 15 is 0 Å². The van der Waals surface area contributed by atoms with Crippen molar-refractivity contribution in [3.8, 4) is 17.2 Å². The van der Waals surface area contributed by atoms with Crippen LogP contribution in [0.25, 0.3) is 0 Å². The van der Waals surface area contributed by atoms with E-state index < -0.39 is 0 Å². The van der Waals surface area contributed by atoms with Crippen molar-refractivity contribution in [1.29, 1.82) is 0 Å². The van der Waals surface area contributed by atoms with E-state index in [4.69, 9.17) is 19.0 Å². The summed E-state index contributed by atoms with van der Waals surface area (Å²) >= 11 is 0. The van der Waals surface area contributed by atoms with Gasteiger partial charge in [-0.05, 0) is 42.0 Å². The van der Waals surface area contributed by atoms with E-state index in [-0.39, 0.29) is 30.9 Å². The second-order valence-electron chi connectivity index (χ2n) is 8.05. The van der Waals surface area contributed by atoms with Crippen molar-refractivity contribution < 1.29 is 28.2 Å². The summed E-state index contributed by atoms with van der Waals surface area (Å²) in [5.41, 5.74) is 2.78. The summed E-state index contributed by atoms with van der Waals surface area (Å²) in [4.78, 5) is 21.0. The third kappa shape index (κ3) is 5.54. The van der Waals surface area contributed by atoms with Gasteiger partial charge in [-0.15, -0.1) is 0 Å². The molecule has 0 fully saturated rings. The first-order chi connectivity index (χ1) is 17.0. The summed E-state index contributed by atoms with van der Waals surface area (Å²) in [6.07, 6.45) is 0.149. The van der Waals surface area contributed by atoms with Gasteiger partial charge >= 0.3 is 0 Å². The number of ether oxygens (including phenoxy) is 3. The van der Waals surface area contributed by atoms with E-state index in [2.05, 4.69) is 5.16 Å². The van der Waals surface area contributed by atoms with Gasteiger partial charge in [0, 0.05) is 24.6 Å². The van der Waals surface area contributed by atoms with Crippen LogP contribution in [-0.2, 0) is 11.4 Å². The molecule has 0 aliphatic carbocycles. The maximum Gasteiger partial charge on any atom is 0.258 e. The van der Waals surface area contributed by atoms with Gasteiger partial charge in [-0.1, -0.05) is 29.4 Å². The lowest BCUT2D eigenvalue weighted by molar-refractivity contribution is 0.0403. The van der Waals surface area contributed by atoms with Crippen molar-refractivity contribution in [3.63, 3.8) is 0 Å². The Morgan fingerprint density at radius 2 is 1.74 bits per heavy atom. The molecule has 3 aromatic rings. The molecular formula is C27H27FN2O5. The van der Waals surface area contributed by atoms with Gasteiger partial charge in [-0.25, -0.2) is 4.39 Å². The molecule has 0 spiro atoms. The summed E-state index contributed by atoms with van der Waals surface area (Å²) < 4.78 is 29.6. The van der Waals surface area contributed by atoms with Gasteiger partial charge in [0.25, 0.3) is 5.91 Å². The Labute approximate surface area is 203 Å². The van der Waals surface area contributed by atoms with Crippen LogP contribution in [0.15, 0.2) is 71.9 Å². The number of carbonyl (C=O) groups is 1. The minimum atomic E-state index is -0.358. The number of halogens is 1. The molecule has 0 saturated carbocycles. The van der Waals surface area contributed by atoms with Crippen LogP contribution in [0.4, 0.5) is 4.39 Å². The molecule has 0 aromatic heterocycles. The van der Waals surface area contributed by atoms with E-state index in [9.17, 15) is 9.18 Å². The summed E-state index contributed by atoms with van der Waals surface area (Å²) in [6, 6.07) is 18.7. The van der Waals surface area contributed by atoms with Crippen LogP contribution in [0, 0.1) is 5.82 Å². The van der Waals surface area contributed by atoms with Gasteiger partial charge in [0.15, 0.2) is 6.10 Å². The number of methoxy groups -OCH3 is 3. The fourth-order valence-electron chi connectivity index (χ4n) is 3.99. The maximum absolute atomic E-state index is 13.7. The van der Waals surface area contributed by atoms with Crippen molar-refractivity contribution >= 4 is 11.6 Å². The Balaban J connectivity index is 1.57. The molecule has 1 aliphatic heterocycles. The molecule has 4 rings (SSSR count). The van der Waals surface area contributed by atoms with E-state index in [1.54, 1.807) is 49.5 Å². The number of hydrogen-bond donors (Lipinski definition) is 0. The topological polar surface area (TPSA) is 69.6 Å². The van der Waals surface area contributed by atoms with E-state index in [1.807, 2.05) is 24.3 Å². The van der Waals surface area contributed by atoms with Crippen molar-refractivity contribution in [2.45, 2.75) is 19.1 Å². The van der Waals surface area contributed by atoms with Crippen LogP contribution in [-0.4, -0.2) is 50.5 Å². The number of benzene rings is 3. The number of para-hydroxylation sites is 1. The SMILES string of the molecule is COc1ccc(C(=O)N(Cc2ccc(F)cc2)CC2CC(c3ccccc3OC)=NO2)c(OC)c1. The molecule has 0 radical (unpaired) electrons. The lowest BCUT2D eigenvalue weighted by atomic mass is 10.0. The van der Waals surface area contributed by atoms with Gasteiger partial charge in [0.05, 0.1) is 39.1 Å². The molecule has 182 valence electrons. The molecule has 1 heterocycles.